The van der Waals surface area contributed by atoms with Crippen LogP contribution in [-0.2, 0) is 22.4 Å². The highest BCUT2D eigenvalue weighted by Gasteiger charge is 2.78. The molecule has 48 heavy (non-hydrogen) atoms. The Kier molecular flexibility index (Phi) is 7.61. The second-order valence-corrected chi connectivity index (χ2v) is 14.6. The highest BCUT2D eigenvalue weighted by Crippen LogP contribution is 2.70. The highest BCUT2D eigenvalue weighted by atomic mass is 19.3. The van der Waals surface area contributed by atoms with E-state index in [4.69, 9.17) is 0 Å². The number of rotatable bonds is 7. The number of amides is 3. The van der Waals surface area contributed by atoms with Crippen molar-refractivity contribution in [2.24, 2.45) is 17.3 Å². The molecule has 12 nitrogen and oxygen atoms in total. The number of hydrogen-bond acceptors (Lipinski definition) is 8. The summed E-state index contributed by atoms with van der Waals surface area (Å²) >= 11 is 0. The molecule has 3 saturated heterocycles. The third kappa shape index (κ3) is 5.47. The van der Waals surface area contributed by atoms with Crippen molar-refractivity contribution in [3.8, 4) is 0 Å². The Morgan fingerprint density at radius 3 is 2.58 bits per heavy atom. The fraction of sp³-hybridized carbons (Fsp3) is 0.588. The van der Waals surface area contributed by atoms with Crippen LogP contribution in [0.5, 0.6) is 0 Å². The number of imide groups is 1. The topological polar surface area (TPSA) is 141 Å². The number of nitrogens with zero attached hydrogens (tertiary/aromatic N) is 6. The van der Waals surface area contributed by atoms with E-state index in [1.807, 2.05) is 23.0 Å². The molecule has 3 atom stereocenters. The monoisotopic (exact) mass is 661 g/mol. The Morgan fingerprint density at radius 1 is 1.06 bits per heavy atom. The molecule has 3 amide bonds. The second kappa shape index (κ2) is 11.7. The Labute approximate surface area is 277 Å². The van der Waals surface area contributed by atoms with Crippen LogP contribution in [0, 0.1) is 17.3 Å². The lowest BCUT2D eigenvalue weighted by molar-refractivity contribution is -0.134. The summed E-state index contributed by atoms with van der Waals surface area (Å²) in [6.07, 6.45) is 10.7. The molecular weight excluding hydrogens is 620 g/mol. The number of carbonyl (C=O) groups excluding carboxylic acids is 3. The smallest absolute Gasteiger partial charge is 0.276 e. The zero-order valence-electron chi connectivity index (χ0n) is 27.1. The normalized spacial score (nSPS) is 27.7. The fourth-order valence-electron chi connectivity index (χ4n) is 8.47. The number of hydrogen-bond donors (Lipinski definition) is 3. The predicted octanol–water partition coefficient (Wildman–Crippen LogP) is 3.70. The van der Waals surface area contributed by atoms with E-state index in [9.17, 15) is 23.2 Å². The van der Waals surface area contributed by atoms with Gasteiger partial charge in [-0.2, -0.15) is 10.2 Å². The number of aromatic amines is 1. The van der Waals surface area contributed by atoms with E-state index in [1.54, 1.807) is 19.3 Å². The molecule has 0 bridgehead atoms. The molecule has 3 N–H and O–H groups in total. The van der Waals surface area contributed by atoms with Crippen molar-refractivity contribution in [3.63, 3.8) is 0 Å². The summed E-state index contributed by atoms with van der Waals surface area (Å²) in [7, 11) is 0. The van der Waals surface area contributed by atoms with Crippen molar-refractivity contribution in [1.29, 1.82) is 0 Å². The van der Waals surface area contributed by atoms with E-state index >= 15 is 0 Å². The van der Waals surface area contributed by atoms with Gasteiger partial charge in [0.05, 0.1) is 23.8 Å². The molecule has 1 saturated carbocycles. The van der Waals surface area contributed by atoms with Crippen LogP contribution in [0.2, 0.25) is 0 Å². The third-order valence-electron chi connectivity index (χ3n) is 11.7. The van der Waals surface area contributed by atoms with Gasteiger partial charge in [0.15, 0.2) is 5.69 Å². The zero-order chi connectivity index (χ0) is 33.2. The molecule has 8 rings (SSSR count). The van der Waals surface area contributed by atoms with E-state index in [0.29, 0.717) is 35.7 Å². The summed E-state index contributed by atoms with van der Waals surface area (Å²) in [5, 5.41) is 16.8. The van der Waals surface area contributed by atoms with Crippen molar-refractivity contribution in [2.75, 3.05) is 42.9 Å². The zero-order valence-corrected chi connectivity index (χ0v) is 27.1. The summed E-state index contributed by atoms with van der Waals surface area (Å²) in [4.78, 5) is 46.3. The molecule has 4 fully saturated rings. The second-order valence-electron chi connectivity index (χ2n) is 14.6. The number of halogens is 2. The maximum Gasteiger partial charge on any atom is 0.276 e. The van der Waals surface area contributed by atoms with Gasteiger partial charge in [0, 0.05) is 80.5 Å². The maximum absolute atomic E-state index is 14.3. The first-order chi connectivity index (χ1) is 23.1. The Balaban J connectivity index is 0.784. The van der Waals surface area contributed by atoms with Gasteiger partial charge >= 0.3 is 0 Å². The van der Waals surface area contributed by atoms with Gasteiger partial charge in [-0.3, -0.25) is 29.5 Å². The molecule has 3 aromatic heterocycles. The Hall–Kier alpha value is -4.20. The lowest BCUT2D eigenvalue weighted by atomic mass is 9.87. The largest absolute Gasteiger partial charge is 0.357 e. The first-order valence-corrected chi connectivity index (χ1v) is 17.2. The van der Waals surface area contributed by atoms with Crippen LogP contribution in [0.4, 0.5) is 20.3 Å². The van der Waals surface area contributed by atoms with Crippen LogP contribution in [0.25, 0.3) is 0 Å². The van der Waals surface area contributed by atoms with Gasteiger partial charge in [0.25, 0.3) is 11.8 Å². The van der Waals surface area contributed by atoms with Gasteiger partial charge in [-0.25, -0.2) is 13.8 Å². The molecule has 5 aliphatic rings. The van der Waals surface area contributed by atoms with Crippen molar-refractivity contribution < 1.29 is 23.2 Å². The number of carbonyl (C=O) groups is 3. The standard InChI is InChI=1S/C34H41F2N9O3/c1-33-15-26-25(14-27(33)34(33,35)36)30(42-41-26)32(48)39-22-17-38-45(19-22)23-8-10-43(11-9-23)18-20-6-12-44(13-7-20)28-4-2-21(16-37-28)24-3-5-29(46)40-31(24)47/h2,4,16-17,19-20,23-24,27H,3,5-15,18H2,1H3,(H,39,48)(H,41,42)(H,40,46,47)/t24-,27+,33-/m1/s1. The average Bonchev–Trinajstić information content (AvgIpc) is 3.50. The minimum Gasteiger partial charge on any atom is -0.357 e. The summed E-state index contributed by atoms with van der Waals surface area (Å²) in [6.45, 7) is 6.54. The molecule has 0 radical (unpaired) electrons. The number of piperidine rings is 3. The van der Waals surface area contributed by atoms with E-state index in [1.165, 1.54) is 0 Å². The molecule has 254 valence electrons. The molecule has 0 spiro atoms. The van der Waals surface area contributed by atoms with Crippen molar-refractivity contribution >= 4 is 29.2 Å². The number of anilines is 2. The maximum atomic E-state index is 14.3. The van der Waals surface area contributed by atoms with Gasteiger partial charge in [-0.1, -0.05) is 13.0 Å². The summed E-state index contributed by atoms with van der Waals surface area (Å²) in [5.74, 6) is -3.05. The van der Waals surface area contributed by atoms with Gasteiger partial charge in [0.1, 0.15) is 5.82 Å². The summed E-state index contributed by atoms with van der Waals surface area (Å²) < 4.78 is 30.5. The molecule has 3 aromatic rings. The van der Waals surface area contributed by atoms with Crippen molar-refractivity contribution in [1.82, 2.24) is 35.2 Å². The molecular formula is C34H41F2N9O3. The lowest BCUT2D eigenvalue weighted by Crippen LogP contribution is -2.42. The minimum absolute atomic E-state index is 0.161. The Morgan fingerprint density at radius 2 is 1.85 bits per heavy atom. The van der Waals surface area contributed by atoms with Gasteiger partial charge in [-0.05, 0) is 56.1 Å². The molecule has 3 aliphatic heterocycles. The predicted molar refractivity (Wildman–Crippen MR) is 172 cm³/mol. The number of nitrogens with one attached hydrogen (secondary N) is 3. The van der Waals surface area contributed by atoms with Crippen LogP contribution < -0.4 is 15.5 Å². The van der Waals surface area contributed by atoms with Crippen molar-refractivity contribution in [3.05, 3.63) is 53.2 Å². The molecule has 14 heteroatoms. The molecule has 0 aromatic carbocycles. The van der Waals surface area contributed by atoms with E-state index in [-0.39, 0.29) is 42.3 Å². The van der Waals surface area contributed by atoms with Gasteiger partial charge in [0.2, 0.25) is 11.8 Å². The number of H-pyrrole nitrogens is 1. The highest BCUT2D eigenvalue weighted by molar-refractivity contribution is 6.04. The van der Waals surface area contributed by atoms with Crippen LogP contribution in [0.15, 0.2) is 30.7 Å². The van der Waals surface area contributed by atoms with Crippen LogP contribution in [-0.4, -0.2) is 86.2 Å². The first-order valence-electron chi connectivity index (χ1n) is 17.2. The first kappa shape index (κ1) is 31.1. The van der Waals surface area contributed by atoms with E-state index in [2.05, 4.69) is 40.7 Å². The quantitative estimate of drug-likeness (QED) is 0.326. The number of alkyl halides is 2. The van der Waals surface area contributed by atoms with Gasteiger partial charge in [-0.15, -0.1) is 0 Å². The average molecular weight is 662 g/mol. The summed E-state index contributed by atoms with van der Waals surface area (Å²) in [5.41, 5.74) is 1.83. The van der Waals surface area contributed by atoms with E-state index < -0.39 is 23.2 Å². The number of fused-ring (bicyclic) bond motifs is 2. The summed E-state index contributed by atoms with van der Waals surface area (Å²) in [6, 6.07) is 4.20. The van der Waals surface area contributed by atoms with Crippen LogP contribution in [0.3, 0.4) is 0 Å². The number of aromatic nitrogens is 5. The third-order valence-corrected chi connectivity index (χ3v) is 11.7. The van der Waals surface area contributed by atoms with Crippen molar-refractivity contribution in [2.45, 2.75) is 76.2 Å². The van der Waals surface area contributed by atoms with Gasteiger partial charge < -0.3 is 15.1 Å². The number of likely N-dealkylation sites (tertiary alicyclic amines) is 1. The van der Waals surface area contributed by atoms with Crippen LogP contribution in [0.1, 0.15) is 84.7 Å². The lowest BCUT2D eigenvalue weighted by Gasteiger charge is -2.38. The Bertz CT molecular complexity index is 1720. The molecule has 2 aliphatic carbocycles. The van der Waals surface area contributed by atoms with E-state index in [0.717, 1.165) is 69.8 Å². The SMILES string of the molecule is C[C@@]12Cc3[nH]nc(C(=O)Nc4cnn(C5CCN(CC6CCN(c7ccc([C@H]8CCC(=O)NC8=O)cn7)CC6)CC5)c4)c3C[C@@H]1C2(F)F. The number of pyridine rings is 1. The minimum atomic E-state index is -2.70. The molecule has 0 unspecified atom stereocenters. The van der Waals surface area contributed by atoms with Crippen LogP contribution >= 0.6 is 0 Å². The molecule has 6 heterocycles. The fourth-order valence-corrected chi connectivity index (χ4v) is 8.47.